The molecule has 1 aromatic carbocycles. The number of benzene rings is 1. The maximum Gasteiger partial charge on any atom is 0.248 e. The fraction of sp³-hybridized carbons (Fsp3) is 0.579. The van der Waals surface area contributed by atoms with E-state index in [9.17, 15) is 4.79 Å². The molecule has 0 bridgehead atoms. The van der Waals surface area contributed by atoms with Crippen LogP contribution in [-0.4, -0.2) is 49.5 Å². The largest absolute Gasteiger partial charge is 0.366 e. The van der Waals surface area contributed by atoms with Crippen molar-refractivity contribution in [2.75, 3.05) is 26.7 Å². The van der Waals surface area contributed by atoms with Crippen LogP contribution in [0.5, 0.6) is 0 Å². The fourth-order valence-electron chi connectivity index (χ4n) is 3.22. The highest BCUT2D eigenvalue weighted by Crippen LogP contribution is 2.16. The normalized spacial score (nSPS) is 18.1. The lowest BCUT2D eigenvalue weighted by molar-refractivity contribution is 0.1000. The van der Waals surface area contributed by atoms with Crippen LogP contribution in [0.15, 0.2) is 29.3 Å². The molecule has 1 unspecified atom stereocenters. The van der Waals surface area contributed by atoms with Crippen LogP contribution >= 0.6 is 24.0 Å². The number of likely N-dealkylation sites (tertiary alicyclic amines) is 1. The lowest BCUT2D eigenvalue weighted by Crippen LogP contribution is -2.41. The number of amides is 1. The molecule has 4 N–H and O–H groups in total. The summed E-state index contributed by atoms with van der Waals surface area (Å²) in [6, 6.07) is 8.04. The first-order chi connectivity index (χ1) is 12.1. The quantitative estimate of drug-likeness (QED) is 0.246. The molecule has 1 saturated heterocycles. The number of aliphatic imine (C=N–C) groups is 1. The summed E-state index contributed by atoms with van der Waals surface area (Å²) >= 11 is 0. The molecule has 1 aliphatic heterocycles. The van der Waals surface area contributed by atoms with Gasteiger partial charge < -0.3 is 21.3 Å². The van der Waals surface area contributed by atoms with E-state index in [1.54, 1.807) is 19.2 Å². The summed E-state index contributed by atoms with van der Waals surface area (Å²) < 4.78 is 0. The first-order valence-corrected chi connectivity index (χ1v) is 9.17. The van der Waals surface area contributed by atoms with Gasteiger partial charge in [-0.05, 0) is 50.4 Å². The lowest BCUT2D eigenvalue weighted by atomic mass is 10.0. The molecule has 0 saturated carbocycles. The van der Waals surface area contributed by atoms with Crippen LogP contribution in [0.2, 0.25) is 0 Å². The van der Waals surface area contributed by atoms with Crippen LogP contribution in [0.25, 0.3) is 0 Å². The number of guanidine groups is 1. The Kier molecular flexibility index (Phi) is 10.6. The number of piperidine rings is 1. The minimum Gasteiger partial charge on any atom is -0.366 e. The number of carbonyl (C=O) groups excluding carboxylic acids is 1. The Hall–Kier alpha value is -1.35. The molecular formula is C19H32IN5O. The van der Waals surface area contributed by atoms with E-state index in [0.29, 0.717) is 18.2 Å². The van der Waals surface area contributed by atoms with E-state index in [0.717, 1.165) is 31.0 Å². The molecule has 1 aliphatic rings. The molecule has 26 heavy (non-hydrogen) atoms. The summed E-state index contributed by atoms with van der Waals surface area (Å²) in [6.07, 6.45) is 5.11. The number of nitrogens with zero attached hydrogens (tertiary/aromatic N) is 2. The summed E-state index contributed by atoms with van der Waals surface area (Å²) in [6.45, 7) is 6.18. The second kappa shape index (κ2) is 12.1. The van der Waals surface area contributed by atoms with E-state index in [1.807, 2.05) is 12.1 Å². The Balaban J connectivity index is 0.00000338. The Morgan fingerprint density at radius 1 is 1.35 bits per heavy atom. The minimum atomic E-state index is -0.406. The van der Waals surface area contributed by atoms with Crippen molar-refractivity contribution in [3.63, 3.8) is 0 Å². The lowest BCUT2D eigenvalue weighted by Gasteiger charge is -2.33. The number of nitrogens with one attached hydrogen (secondary N) is 2. The molecule has 6 nitrogen and oxygen atoms in total. The average Bonchev–Trinajstić information content (AvgIpc) is 2.62. The zero-order chi connectivity index (χ0) is 18.1. The molecule has 0 radical (unpaired) electrons. The van der Waals surface area contributed by atoms with E-state index >= 15 is 0 Å². The van der Waals surface area contributed by atoms with Gasteiger partial charge in [0.2, 0.25) is 5.91 Å². The van der Waals surface area contributed by atoms with Crippen LogP contribution in [-0.2, 0) is 6.54 Å². The van der Waals surface area contributed by atoms with Crippen molar-refractivity contribution < 1.29 is 4.79 Å². The van der Waals surface area contributed by atoms with Crippen LogP contribution in [0.1, 0.15) is 48.5 Å². The predicted octanol–water partition coefficient (Wildman–Crippen LogP) is 2.33. The second-order valence-corrected chi connectivity index (χ2v) is 6.65. The van der Waals surface area contributed by atoms with Gasteiger partial charge in [-0.1, -0.05) is 18.6 Å². The van der Waals surface area contributed by atoms with Gasteiger partial charge in [0.15, 0.2) is 5.96 Å². The molecule has 1 fully saturated rings. The Labute approximate surface area is 174 Å². The van der Waals surface area contributed by atoms with Crippen LogP contribution in [0.3, 0.4) is 0 Å². The average molecular weight is 473 g/mol. The minimum absolute atomic E-state index is 0. The van der Waals surface area contributed by atoms with Gasteiger partial charge in [0.1, 0.15) is 0 Å². The molecule has 0 aliphatic carbocycles. The van der Waals surface area contributed by atoms with Crippen molar-refractivity contribution in [2.45, 2.75) is 45.2 Å². The smallest absolute Gasteiger partial charge is 0.248 e. The van der Waals surface area contributed by atoms with Crippen molar-refractivity contribution in [1.82, 2.24) is 15.5 Å². The van der Waals surface area contributed by atoms with Crippen LogP contribution in [0, 0.1) is 0 Å². The van der Waals surface area contributed by atoms with E-state index in [-0.39, 0.29) is 24.0 Å². The van der Waals surface area contributed by atoms with E-state index in [1.165, 1.54) is 25.8 Å². The summed E-state index contributed by atoms with van der Waals surface area (Å²) in [4.78, 5) is 18.1. The van der Waals surface area contributed by atoms with Gasteiger partial charge in [0.05, 0.1) is 0 Å². The maximum atomic E-state index is 11.2. The van der Waals surface area contributed by atoms with E-state index < -0.39 is 5.91 Å². The molecule has 146 valence electrons. The van der Waals surface area contributed by atoms with Gasteiger partial charge in [-0.25, -0.2) is 0 Å². The zero-order valence-corrected chi connectivity index (χ0v) is 18.2. The van der Waals surface area contributed by atoms with Crippen molar-refractivity contribution >= 4 is 35.8 Å². The highest BCUT2D eigenvalue weighted by Gasteiger charge is 2.17. The summed E-state index contributed by atoms with van der Waals surface area (Å²) in [5.41, 5.74) is 6.84. The van der Waals surface area contributed by atoms with E-state index in [2.05, 4.69) is 27.4 Å². The van der Waals surface area contributed by atoms with Gasteiger partial charge in [-0.3, -0.25) is 9.79 Å². The first-order valence-electron chi connectivity index (χ1n) is 9.17. The molecular weight excluding hydrogens is 441 g/mol. The summed E-state index contributed by atoms with van der Waals surface area (Å²) in [7, 11) is 1.77. The van der Waals surface area contributed by atoms with E-state index in [4.69, 9.17) is 5.73 Å². The molecule has 2 rings (SSSR count). The highest BCUT2D eigenvalue weighted by molar-refractivity contribution is 14.0. The number of halogens is 1. The third-order valence-electron chi connectivity index (χ3n) is 4.75. The predicted molar refractivity (Wildman–Crippen MR) is 118 cm³/mol. The molecule has 0 spiro atoms. The van der Waals surface area contributed by atoms with Crippen molar-refractivity contribution in [1.29, 1.82) is 0 Å². The molecule has 0 aromatic heterocycles. The Morgan fingerprint density at radius 2 is 2.15 bits per heavy atom. The van der Waals surface area contributed by atoms with Gasteiger partial charge in [-0.15, -0.1) is 24.0 Å². The Bertz CT molecular complexity index is 593. The molecule has 1 aromatic rings. The monoisotopic (exact) mass is 473 g/mol. The fourth-order valence-corrected chi connectivity index (χ4v) is 3.22. The molecule has 7 heteroatoms. The molecule has 1 atom stereocenters. The van der Waals surface area contributed by atoms with Crippen molar-refractivity contribution in [3.05, 3.63) is 35.4 Å². The van der Waals surface area contributed by atoms with Crippen molar-refractivity contribution in [3.8, 4) is 0 Å². The molecule has 1 heterocycles. The van der Waals surface area contributed by atoms with Crippen LogP contribution in [0.4, 0.5) is 0 Å². The summed E-state index contributed by atoms with van der Waals surface area (Å²) in [5.74, 6) is 0.368. The molecule has 1 amide bonds. The van der Waals surface area contributed by atoms with Crippen molar-refractivity contribution in [2.24, 2.45) is 10.7 Å². The Morgan fingerprint density at radius 3 is 2.85 bits per heavy atom. The SMILES string of the molecule is CN=C(NCCCN1CCCCC1C)NCc1cccc(C(N)=O)c1.I. The zero-order valence-electron chi connectivity index (χ0n) is 15.8. The number of carbonyl (C=O) groups is 1. The number of hydrogen-bond acceptors (Lipinski definition) is 3. The first kappa shape index (κ1) is 22.7. The van der Waals surface area contributed by atoms with Gasteiger partial charge >= 0.3 is 0 Å². The number of nitrogens with two attached hydrogens (primary N) is 1. The van der Waals surface area contributed by atoms with Gasteiger partial charge in [-0.2, -0.15) is 0 Å². The third-order valence-corrected chi connectivity index (χ3v) is 4.75. The maximum absolute atomic E-state index is 11.2. The topological polar surface area (TPSA) is 82.8 Å². The second-order valence-electron chi connectivity index (χ2n) is 6.65. The van der Waals surface area contributed by atoms with Gasteiger partial charge in [0.25, 0.3) is 0 Å². The highest BCUT2D eigenvalue weighted by atomic mass is 127. The summed E-state index contributed by atoms with van der Waals surface area (Å²) in [5, 5.41) is 6.62. The van der Waals surface area contributed by atoms with Crippen LogP contribution < -0.4 is 16.4 Å². The standard InChI is InChI=1S/C19H31N5O.HI/c1-15-7-3-4-11-24(15)12-6-10-22-19(21-2)23-14-16-8-5-9-17(13-16)18(20)25;/h5,8-9,13,15H,3-4,6-7,10-12,14H2,1-2H3,(H2,20,25)(H2,21,22,23);1H. The van der Waals surface area contributed by atoms with Gasteiger partial charge in [0, 0.05) is 38.3 Å². The third kappa shape index (κ3) is 7.49. The number of rotatable bonds is 7. The number of hydrogen-bond donors (Lipinski definition) is 3. The number of primary amides is 1.